The number of H-pyrrole nitrogens is 1. The number of amides is 1. The minimum atomic E-state index is 0.0186. The summed E-state index contributed by atoms with van der Waals surface area (Å²) in [5.74, 6) is 0.901. The van der Waals surface area contributed by atoms with Crippen LogP contribution in [0.5, 0.6) is 0 Å². The summed E-state index contributed by atoms with van der Waals surface area (Å²) < 4.78 is 0. The molecule has 26 heavy (non-hydrogen) atoms. The molecule has 9 heteroatoms. The predicted molar refractivity (Wildman–Crippen MR) is 105 cm³/mol. The quantitative estimate of drug-likeness (QED) is 0.538. The van der Waals surface area contributed by atoms with E-state index in [0.29, 0.717) is 16.6 Å². The van der Waals surface area contributed by atoms with E-state index in [1.54, 1.807) is 17.8 Å². The van der Waals surface area contributed by atoms with Crippen molar-refractivity contribution >= 4 is 40.9 Å². The van der Waals surface area contributed by atoms with Crippen LogP contribution in [0.4, 0.5) is 0 Å². The lowest BCUT2D eigenvalue weighted by atomic mass is 9.96. The van der Waals surface area contributed by atoms with Gasteiger partial charge in [0.1, 0.15) is 6.33 Å². The minimum absolute atomic E-state index is 0.0186. The smallest absolute Gasteiger partial charge is 0.224 e. The Morgan fingerprint density at radius 2 is 2.31 bits per heavy atom. The molecule has 1 atom stereocenters. The molecule has 0 aliphatic carbocycles. The summed E-state index contributed by atoms with van der Waals surface area (Å²) in [6.07, 6.45) is 3.41. The number of hydrogen-bond donors (Lipinski definition) is 2. The zero-order chi connectivity index (χ0) is 18.4. The number of piperidine rings is 1. The maximum Gasteiger partial charge on any atom is 0.224 e. The highest BCUT2D eigenvalue weighted by Gasteiger charge is 2.25. The first-order chi connectivity index (χ1) is 12.6. The van der Waals surface area contributed by atoms with Crippen LogP contribution in [0.25, 0.3) is 0 Å². The zero-order valence-electron chi connectivity index (χ0n) is 14.3. The van der Waals surface area contributed by atoms with Gasteiger partial charge >= 0.3 is 0 Å². The number of likely N-dealkylation sites (tertiary alicyclic amines) is 1. The Hall–Kier alpha value is -1.28. The fourth-order valence-electron chi connectivity index (χ4n) is 3.03. The second kappa shape index (κ2) is 9.60. The standard InChI is InChI=1S/C17H21Cl2N5OS/c18-14-4-3-12(15(19)8-14)9-24-6-1-2-13(10-24)16(25)20-5-7-26-17-21-11-22-23-17/h3-4,8,11,13H,1-2,5-7,9-10H2,(H,20,25)(H,21,22,23). The molecule has 1 saturated heterocycles. The van der Waals surface area contributed by atoms with Gasteiger partial charge in [0.15, 0.2) is 5.16 Å². The van der Waals surface area contributed by atoms with Crippen molar-refractivity contribution in [3.63, 3.8) is 0 Å². The van der Waals surface area contributed by atoms with Crippen LogP contribution in [0, 0.1) is 5.92 Å². The van der Waals surface area contributed by atoms with E-state index < -0.39 is 0 Å². The van der Waals surface area contributed by atoms with Gasteiger partial charge in [0.2, 0.25) is 5.91 Å². The Morgan fingerprint density at radius 3 is 3.08 bits per heavy atom. The number of nitrogens with zero attached hydrogens (tertiary/aromatic N) is 3. The Labute approximate surface area is 167 Å². The molecule has 2 aromatic rings. The Balaban J connectivity index is 1.44. The first-order valence-electron chi connectivity index (χ1n) is 8.54. The van der Waals surface area contributed by atoms with Gasteiger partial charge in [-0.05, 0) is 37.1 Å². The third kappa shape index (κ3) is 5.61. The number of carbonyl (C=O) groups is 1. The van der Waals surface area contributed by atoms with Crippen LogP contribution in [-0.2, 0) is 11.3 Å². The van der Waals surface area contributed by atoms with Crippen molar-refractivity contribution in [3.8, 4) is 0 Å². The summed E-state index contributed by atoms with van der Waals surface area (Å²) in [5, 5.41) is 11.7. The van der Waals surface area contributed by atoms with Crippen molar-refractivity contribution in [1.29, 1.82) is 0 Å². The minimum Gasteiger partial charge on any atom is -0.355 e. The number of thioether (sulfide) groups is 1. The second-order valence-corrected chi connectivity index (χ2v) is 8.17. The number of halogens is 2. The Morgan fingerprint density at radius 1 is 1.42 bits per heavy atom. The van der Waals surface area contributed by atoms with Gasteiger partial charge in [-0.2, -0.15) is 5.10 Å². The van der Waals surface area contributed by atoms with E-state index in [1.165, 1.54) is 6.33 Å². The monoisotopic (exact) mass is 413 g/mol. The van der Waals surface area contributed by atoms with Crippen molar-refractivity contribution in [2.45, 2.75) is 24.5 Å². The molecule has 1 amide bonds. The van der Waals surface area contributed by atoms with Crippen LogP contribution >= 0.6 is 35.0 Å². The fourth-order valence-corrected chi connectivity index (χ4v) is 4.14. The van der Waals surface area contributed by atoms with Crippen LogP contribution in [0.3, 0.4) is 0 Å². The van der Waals surface area contributed by atoms with Crippen molar-refractivity contribution in [2.24, 2.45) is 5.92 Å². The Kier molecular flexibility index (Phi) is 7.19. The number of rotatable bonds is 7. The molecule has 1 aliphatic rings. The molecule has 1 aliphatic heterocycles. The maximum absolute atomic E-state index is 12.4. The van der Waals surface area contributed by atoms with Gasteiger partial charge in [-0.25, -0.2) is 4.98 Å². The third-order valence-corrected chi connectivity index (χ3v) is 5.78. The molecule has 0 saturated carbocycles. The molecule has 0 radical (unpaired) electrons. The highest BCUT2D eigenvalue weighted by molar-refractivity contribution is 7.99. The lowest BCUT2D eigenvalue weighted by Gasteiger charge is -2.32. The molecule has 0 bridgehead atoms. The molecule has 2 N–H and O–H groups in total. The van der Waals surface area contributed by atoms with Crippen LogP contribution in [0.1, 0.15) is 18.4 Å². The number of nitrogens with one attached hydrogen (secondary N) is 2. The average Bonchev–Trinajstić information content (AvgIpc) is 3.15. The second-order valence-electron chi connectivity index (χ2n) is 6.24. The van der Waals surface area contributed by atoms with Crippen LogP contribution < -0.4 is 5.32 Å². The molecule has 2 heterocycles. The van der Waals surface area contributed by atoms with Gasteiger partial charge in [0.05, 0.1) is 5.92 Å². The molecule has 0 spiro atoms. The molecule has 1 unspecified atom stereocenters. The van der Waals surface area contributed by atoms with E-state index in [0.717, 1.165) is 48.9 Å². The van der Waals surface area contributed by atoms with Gasteiger partial charge in [0.25, 0.3) is 0 Å². The highest BCUT2D eigenvalue weighted by Crippen LogP contribution is 2.25. The highest BCUT2D eigenvalue weighted by atomic mass is 35.5. The lowest BCUT2D eigenvalue weighted by Crippen LogP contribution is -2.43. The van der Waals surface area contributed by atoms with Gasteiger partial charge in [-0.1, -0.05) is 41.0 Å². The molecule has 1 aromatic carbocycles. The largest absolute Gasteiger partial charge is 0.355 e. The van der Waals surface area contributed by atoms with Crippen molar-refractivity contribution in [2.75, 3.05) is 25.4 Å². The van der Waals surface area contributed by atoms with Gasteiger partial charge < -0.3 is 5.32 Å². The van der Waals surface area contributed by atoms with Crippen molar-refractivity contribution in [3.05, 3.63) is 40.1 Å². The summed E-state index contributed by atoms with van der Waals surface area (Å²) in [7, 11) is 0. The Bertz CT molecular complexity index is 728. The van der Waals surface area contributed by atoms with Crippen LogP contribution in [-0.4, -0.2) is 51.4 Å². The van der Waals surface area contributed by atoms with Gasteiger partial charge in [-0.15, -0.1) is 0 Å². The van der Waals surface area contributed by atoms with E-state index >= 15 is 0 Å². The van der Waals surface area contributed by atoms with Gasteiger partial charge in [0, 0.05) is 35.4 Å². The molecule has 1 aromatic heterocycles. The molecular weight excluding hydrogens is 393 g/mol. The molecule has 140 valence electrons. The fraction of sp³-hybridized carbons (Fsp3) is 0.471. The van der Waals surface area contributed by atoms with E-state index in [1.807, 2.05) is 12.1 Å². The van der Waals surface area contributed by atoms with E-state index in [-0.39, 0.29) is 11.8 Å². The third-order valence-electron chi connectivity index (χ3n) is 4.32. The molecule has 6 nitrogen and oxygen atoms in total. The van der Waals surface area contributed by atoms with E-state index in [4.69, 9.17) is 23.2 Å². The summed E-state index contributed by atoms with van der Waals surface area (Å²) in [5.41, 5.74) is 1.04. The molecular formula is C17H21Cl2N5OS. The topological polar surface area (TPSA) is 73.9 Å². The molecule has 1 fully saturated rings. The summed E-state index contributed by atoms with van der Waals surface area (Å²) in [6.45, 7) is 3.08. The summed E-state index contributed by atoms with van der Waals surface area (Å²) >= 11 is 13.8. The summed E-state index contributed by atoms with van der Waals surface area (Å²) in [4.78, 5) is 18.8. The summed E-state index contributed by atoms with van der Waals surface area (Å²) in [6, 6.07) is 5.57. The maximum atomic E-state index is 12.4. The average molecular weight is 414 g/mol. The number of hydrogen-bond acceptors (Lipinski definition) is 5. The predicted octanol–water partition coefficient (Wildman–Crippen LogP) is 3.23. The van der Waals surface area contributed by atoms with E-state index in [9.17, 15) is 4.79 Å². The first-order valence-corrected chi connectivity index (χ1v) is 10.3. The SMILES string of the molecule is O=C(NCCSc1ncn[nH]1)C1CCCN(Cc2ccc(Cl)cc2Cl)C1. The normalized spacial score (nSPS) is 18.0. The van der Waals surface area contributed by atoms with Crippen LogP contribution in [0.2, 0.25) is 10.0 Å². The lowest BCUT2D eigenvalue weighted by molar-refractivity contribution is -0.126. The first kappa shape index (κ1) is 19.5. The number of benzene rings is 1. The van der Waals surface area contributed by atoms with Gasteiger partial charge in [-0.3, -0.25) is 14.8 Å². The number of carbonyl (C=O) groups excluding carboxylic acids is 1. The molecule has 3 rings (SSSR count). The number of aromatic nitrogens is 3. The zero-order valence-corrected chi connectivity index (χ0v) is 16.6. The van der Waals surface area contributed by atoms with Crippen molar-refractivity contribution < 1.29 is 4.79 Å². The van der Waals surface area contributed by atoms with Crippen molar-refractivity contribution in [1.82, 2.24) is 25.4 Å². The number of aromatic amines is 1. The van der Waals surface area contributed by atoms with Crippen LogP contribution in [0.15, 0.2) is 29.7 Å². The van der Waals surface area contributed by atoms with E-state index in [2.05, 4.69) is 25.4 Å².